The van der Waals surface area contributed by atoms with Gasteiger partial charge in [-0.15, -0.1) is 0 Å². The molecule has 1 fully saturated rings. The second kappa shape index (κ2) is 8.89. The van der Waals surface area contributed by atoms with E-state index in [0.717, 1.165) is 15.7 Å². The highest BCUT2D eigenvalue weighted by molar-refractivity contribution is 9.10. The van der Waals surface area contributed by atoms with Gasteiger partial charge in [0.05, 0.1) is 23.5 Å². The van der Waals surface area contributed by atoms with Crippen LogP contribution in [0.1, 0.15) is 28.9 Å². The number of alkyl halides is 2. The third kappa shape index (κ3) is 5.32. The summed E-state index contributed by atoms with van der Waals surface area (Å²) in [6, 6.07) is 11.5. The largest absolute Gasteiger partial charge is 0.349 e. The van der Waals surface area contributed by atoms with Crippen LogP contribution < -0.4 is 5.32 Å². The minimum absolute atomic E-state index is 0.00979. The molecule has 0 aliphatic carbocycles. The molecule has 0 radical (unpaired) electrons. The maximum atomic E-state index is 12.6. The van der Waals surface area contributed by atoms with Crippen LogP contribution in [0, 0.1) is 6.92 Å². The molecule has 1 N–H and O–H groups in total. The normalized spacial score (nSPS) is 15.9. The molecule has 1 saturated heterocycles. The summed E-state index contributed by atoms with van der Waals surface area (Å²) in [4.78, 5) is 18.9. The number of pyridine rings is 1. The Morgan fingerprint density at radius 2 is 2.04 bits per heavy atom. The van der Waals surface area contributed by atoms with Crippen molar-refractivity contribution in [1.82, 2.24) is 15.2 Å². The number of rotatable bonds is 5. The van der Waals surface area contributed by atoms with E-state index in [-0.39, 0.29) is 18.5 Å². The Morgan fingerprint density at radius 3 is 2.67 bits per heavy atom. The fourth-order valence-electron chi connectivity index (χ4n) is 3.33. The first-order valence-corrected chi connectivity index (χ1v) is 9.76. The Kier molecular flexibility index (Phi) is 6.55. The first-order chi connectivity index (χ1) is 12.9. The SMILES string of the molecule is Cc1nc(-c2cccc(Br)c2)ccc1C(=O)NC1CCN(CC(F)F)CC1. The molecule has 0 bridgehead atoms. The molecule has 0 atom stereocenters. The zero-order valence-corrected chi connectivity index (χ0v) is 16.7. The van der Waals surface area contributed by atoms with Gasteiger partial charge in [0.25, 0.3) is 12.3 Å². The van der Waals surface area contributed by atoms with Crippen LogP contribution in [0.3, 0.4) is 0 Å². The van der Waals surface area contributed by atoms with E-state index in [4.69, 9.17) is 0 Å². The summed E-state index contributed by atoms with van der Waals surface area (Å²) in [5.74, 6) is -0.159. The molecule has 0 unspecified atom stereocenters. The standard InChI is InChI=1S/C20H22BrF2N3O/c1-13-17(5-6-18(24-13)14-3-2-4-15(21)11-14)20(27)25-16-7-9-26(10-8-16)12-19(22)23/h2-6,11,16,19H,7-10,12H2,1H3,(H,25,27). The molecule has 1 aromatic carbocycles. The highest BCUT2D eigenvalue weighted by Gasteiger charge is 2.23. The number of piperidine rings is 1. The average Bonchev–Trinajstić information content (AvgIpc) is 2.62. The molecule has 3 rings (SSSR count). The number of aryl methyl sites for hydroxylation is 1. The number of carbonyl (C=O) groups is 1. The third-order valence-electron chi connectivity index (χ3n) is 4.77. The van der Waals surface area contributed by atoms with Crippen molar-refractivity contribution >= 4 is 21.8 Å². The van der Waals surface area contributed by atoms with Crippen LogP contribution in [-0.2, 0) is 0 Å². The molecule has 2 heterocycles. The first-order valence-electron chi connectivity index (χ1n) is 8.97. The predicted octanol–water partition coefficient (Wildman–Crippen LogP) is 4.28. The molecular formula is C20H22BrF2N3O. The molecule has 0 saturated carbocycles. The van der Waals surface area contributed by atoms with E-state index in [9.17, 15) is 13.6 Å². The van der Waals surface area contributed by atoms with Gasteiger partial charge in [0.15, 0.2) is 0 Å². The lowest BCUT2D eigenvalue weighted by molar-refractivity contribution is 0.0696. The van der Waals surface area contributed by atoms with Gasteiger partial charge in [0.1, 0.15) is 0 Å². The molecule has 1 aromatic heterocycles. The zero-order chi connectivity index (χ0) is 19.4. The van der Waals surface area contributed by atoms with Crippen LogP contribution in [0.15, 0.2) is 40.9 Å². The quantitative estimate of drug-likeness (QED) is 0.758. The smallest absolute Gasteiger partial charge is 0.253 e. The van der Waals surface area contributed by atoms with Gasteiger partial charge in [0, 0.05) is 29.2 Å². The highest BCUT2D eigenvalue weighted by atomic mass is 79.9. The van der Waals surface area contributed by atoms with Crippen molar-refractivity contribution < 1.29 is 13.6 Å². The van der Waals surface area contributed by atoms with Gasteiger partial charge in [-0.3, -0.25) is 14.7 Å². The summed E-state index contributed by atoms with van der Waals surface area (Å²) >= 11 is 3.45. The van der Waals surface area contributed by atoms with E-state index < -0.39 is 6.43 Å². The number of nitrogens with one attached hydrogen (secondary N) is 1. The maximum Gasteiger partial charge on any atom is 0.253 e. The van der Waals surface area contributed by atoms with Crippen molar-refractivity contribution in [1.29, 1.82) is 0 Å². The molecule has 2 aromatic rings. The first kappa shape index (κ1) is 19.9. The summed E-state index contributed by atoms with van der Waals surface area (Å²) in [6.07, 6.45) is -0.948. The number of nitrogens with zero attached hydrogens (tertiary/aromatic N) is 2. The van der Waals surface area contributed by atoms with Gasteiger partial charge in [-0.25, -0.2) is 8.78 Å². The maximum absolute atomic E-state index is 12.6. The molecular weight excluding hydrogens is 416 g/mol. The number of amides is 1. The number of likely N-dealkylation sites (tertiary alicyclic amines) is 1. The molecule has 144 valence electrons. The van der Waals surface area contributed by atoms with Crippen LogP contribution in [0.25, 0.3) is 11.3 Å². The zero-order valence-electron chi connectivity index (χ0n) is 15.1. The molecule has 1 aliphatic heterocycles. The number of carbonyl (C=O) groups excluding carboxylic acids is 1. The number of halogens is 3. The lowest BCUT2D eigenvalue weighted by atomic mass is 10.0. The summed E-state index contributed by atoms with van der Waals surface area (Å²) in [6.45, 7) is 2.78. The van der Waals surface area contributed by atoms with Gasteiger partial charge < -0.3 is 5.32 Å². The highest BCUT2D eigenvalue weighted by Crippen LogP contribution is 2.23. The second-order valence-electron chi connectivity index (χ2n) is 6.78. The Hall–Kier alpha value is -1.86. The van der Waals surface area contributed by atoms with E-state index in [0.29, 0.717) is 37.2 Å². The minimum Gasteiger partial charge on any atom is -0.349 e. The van der Waals surface area contributed by atoms with Gasteiger partial charge in [-0.1, -0.05) is 28.1 Å². The molecule has 1 amide bonds. The molecule has 27 heavy (non-hydrogen) atoms. The van der Waals surface area contributed by atoms with Gasteiger partial charge in [0.2, 0.25) is 0 Å². The van der Waals surface area contributed by atoms with Crippen LogP contribution in [0.4, 0.5) is 8.78 Å². The van der Waals surface area contributed by atoms with Gasteiger partial charge in [-0.2, -0.15) is 0 Å². The van der Waals surface area contributed by atoms with E-state index in [1.54, 1.807) is 11.0 Å². The number of hydrogen-bond acceptors (Lipinski definition) is 3. The molecule has 0 spiro atoms. The van der Waals surface area contributed by atoms with Gasteiger partial charge >= 0.3 is 0 Å². The fraction of sp³-hybridized carbons (Fsp3) is 0.400. The van der Waals surface area contributed by atoms with E-state index in [2.05, 4.69) is 26.2 Å². The minimum atomic E-state index is -2.31. The van der Waals surface area contributed by atoms with Crippen molar-refractivity contribution in [3.05, 3.63) is 52.1 Å². The lowest BCUT2D eigenvalue weighted by Gasteiger charge is -2.32. The lowest BCUT2D eigenvalue weighted by Crippen LogP contribution is -2.45. The molecule has 4 nitrogen and oxygen atoms in total. The van der Waals surface area contributed by atoms with E-state index in [1.165, 1.54) is 0 Å². The number of benzene rings is 1. The number of hydrogen-bond donors (Lipinski definition) is 1. The van der Waals surface area contributed by atoms with Crippen molar-refractivity contribution in [2.45, 2.75) is 32.2 Å². The topological polar surface area (TPSA) is 45.2 Å². The average molecular weight is 438 g/mol. The second-order valence-corrected chi connectivity index (χ2v) is 7.69. The monoisotopic (exact) mass is 437 g/mol. The predicted molar refractivity (Wildman–Crippen MR) is 105 cm³/mol. The Morgan fingerprint density at radius 1 is 1.30 bits per heavy atom. The van der Waals surface area contributed by atoms with Crippen molar-refractivity contribution in [2.24, 2.45) is 0 Å². The fourth-order valence-corrected chi connectivity index (χ4v) is 3.73. The summed E-state index contributed by atoms with van der Waals surface area (Å²) in [7, 11) is 0. The summed E-state index contributed by atoms with van der Waals surface area (Å²) in [5, 5.41) is 3.02. The Bertz CT molecular complexity index is 808. The Balaban J connectivity index is 1.62. The number of aromatic nitrogens is 1. The third-order valence-corrected chi connectivity index (χ3v) is 5.26. The Labute approximate surface area is 166 Å². The van der Waals surface area contributed by atoms with Crippen LogP contribution in [0.2, 0.25) is 0 Å². The van der Waals surface area contributed by atoms with Crippen molar-refractivity contribution in [3.63, 3.8) is 0 Å². The molecule has 1 aliphatic rings. The van der Waals surface area contributed by atoms with Crippen LogP contribution in [-0.4, -0.2) is 47.9 Å². The van der Waals surface area contributed by atoms with Gasteiger partial charge in [-0.05, 0) is 44.0 Å². The van der Waals surface area contributed by atoms with Crippen molar-refractivity contribution in [3.8, 4) is 11.3 Å². The molecule has 7 heteroatoms. The summed E-state index contributed by atoms with van der Waals surface area (Å²) < 4.78 is 25.9. The van der Waals surface area contributed by atoms with Crippen LogP contribution >= 0.6 is 15.9 Å². The summed E-state index contributed by atoms with van der Waals surface area (Å²) in [5.41, 5.74) is 3.00. The van der Waals surface area contributed by atoms with Crippen LogP contribution in [0.5, 0.6) is 0 Å². The van der Waals surface area contributed by atoms with E-state index >= 15 is 0 Å². The van der Waals surface area contributed by atoms with Crippen molar-refractivity contribution in [2.75, 3.05) is 19.6 Å². The van der Waals surface area contributed by atoms with E-state index in [1.807, 2.05) is 37.3 Å².